The van der Waals surface area contributed by atoms with E-state index < -0.39 is 10.0 Å². The number of nitrogens with two attached hydrogens (primary N) is 1. The van der Waals surface area contributed by atoms with Crippen molar-refractivity contribution in [3.63, 3.8) is 0 Å². The summed E-state index contributed by atoms with van der Waals surface area (Å²) in [6.45, 7) is 0.717. The van der Waals surface area contributed by atoms with Crippen LogP contribution in [0.1, 0.15) is 6.42 Å². The fourth-order valence-corrected chi connectivity index (χ4v) is 4.43. The zero-order valence-electron chi connectivity index (χ0n) is 9.34. The Morgan fingerprint density at radius 3 is 2.28 bits per heavy atom. The van der Waals surface area contributed by atoms with Gasteiger partial charge in [0.2, 0.25) is 10.0 Å². The van der Waals surface area contributed by atoms with Crippen molar-refractivity contribution in [2.75, 3.05) is 13.1 Å². The van der Waals surface area contributed by atoms with Gasteiger partial charge in [0.1, 0.15) is 4.90 Å². The minimum Gasteiger partial charge on any atom is -0.326 e. The first kappa shape index (κ1) is 16.0. The third kappa shape index (κ3) is 2.92. The maximum Gasteiger partial charge on any atom is 0.246 e. The highest BCUT2D eigenvalue weighted by atomic mass is 35.5. The normalized spacial score (nSPS) is 20.7. The third-order valence-corrected chi connectivity index (χ3v) is 5.53. The predicted octanol–water partition coefficient (Wildman–Crippen LogP) is 2.14. The fourth-order valence-electron chi connectivity index (χ4n) is 1.83. The summed E-state index contributed by atoms with van der Waals surface area (Å²) in [7, 11) is -3.64. The highest BCUT2D eigenvalue weighted by Gasteiger charge is 2.33. The van der Waals surface area contributed by atoms with Gasteiger partial charge in [0, 0.05) is 19.1 Å². The van der Waals surface area contributed by atoms with E-state index in [2.05, 4.69) is 0 Å². The van der Waals surface area contributed by atoms with Crippen molar-refractivity contribution in [3.05, 3.63) is 28.2 Å². The van der Waals surface area contributed by atoms with Gasteiger partial charge in [-0.15, -0.1) is 12.4 Å². The Hall–Kier alpha value is -0.0400. The Balaban J connectivity index is 0.00000162. The Labute approximate surface area is 123 Å². The summed E-state index contributed by atoms with van der Waals surface area (Å²) < 4.78 is 26.0. The topological polar surface area (TPSA) is 63.4 Å². The average molecular weight is 332 g/mol. The van der Waals surface area contributed by atoms with Gasteiger partial charge in [0.05, 0.1) is 10.0 Å². The highest BCUT2D eigenvalue weighted by Crippen LogP contribution is 2.32. The molecule has 1 aromatic carbocycles. The minimum atomic E-state index is -3.64. The largest absolute Gasteiger partial charge is 0.326 e. The average Bonchev–Trinajstić information content (AvgIpc) is 2.64. The maximum atomic E-state index is 12.3. The molecule has 4 nitrogen and oxygen atoms in total. The van der Waals surface area contributed by atoms with Gasteiger partial charge in [-0.1, -0.05) is 29.3 Å². The van der Waals surface area contributed by atoms with Crippen LogP contribution in [-0.4, -0.2) is 31.9 Å². The van der Waals surface area contributed by atoms with Crippen LogP contribution in [0.3, 0.4) is 0 Å². The van der Waals surface area contributed by atoms with Gasteiger partial charge in [0.25, 0.3) is 0 Å². The molecule has 0 aliphatic carbocycles. The molecule has 1 aromatic rings. The van der Waals surface area contributed by atoms with Gasteiger partial charge in [-0.2, -0.15) is 4.31 Å². The van der Waals surface area contributed by atoms with Crippen LogP contribution in [0.25, 0.3) is 0 Å². The van der Waals surface area contributed by atoms with E-state index in [1.165, 1.54) is 16.4 Å². The molecule has 2 rings (SSSR count). The summed E-state index contributed by atoms with van der Waals surface area (Å²) in [5.41, 5.74) is 5.70. The van der Waals surface area contributed by atoms with Crippen LogP contribution in [0.4, 0.5) is 0 Å². The summed E-state index contributed by atoms with van der Waals surface area (Å²) in [5.74, 6) is 0. The van der Waals surface area contributed by atoms with Crippen molar-refractivity contribution in [2.24, 2.45) is 5.73 Å². The Morgan fingerprint density at radius 1 is 1.28 bits per heavy atom. The second-order valence-corrected chi connectivity index (χ2v) is 6.65. The van der Waals surface area contributed by atoms with E-state index in [1.807, 2.05) is 0 Å². The van der Waals surface area contributed by atoms with Crippen LogP contribution >= 0.6 is 35.6 Å². The molecule has 8 heteroatoms. The summed E-state index contributed by atoms with van der Waals surface area (Å²) in [6.07, 6.45) is 0.654. The van der Waals surface area contributed by atoms with Crippen LogP contribution in [0.15, 0.2) is 23.1 Å². The van der Waals surface area contributed by atoms with E-state index in [9.17, 15) is 8.42 Å². The summed E-state index contributed by atoms with van der Waals surface area (Å²) in [5, 5.41) is 0.274. The van der Waals surface area contributed by atoms with Crippen LogP contribution in [0, 0.1) is 0 Å². The molecule has 1 unspecified atom stereocenters. The van der Waals surface area contributed by atoms with E-state index in [-0.39, 0.29) is 33.4 Å². The lowest BCUT2D eigenvalue weighted by molar-refractivity contribution is 0.472. The lowest BCUT2D eigenvalue weighted by Gasteiger charge is -2.17. The first-order valence-corrected chi connectivity index (χ1v) is 7.32. The first-order chi connectivity index (χ1) is 7.93. The fraction of sp³-hybridized carbons (Fsp3) is 0.400. The molecule has 1 fully saturated rings. The first-order valence-electron chi connectivity index (χ1n) is 5.12. The zero-order valence-corrected chi connectivity index (χ0v) is 12.5. The standard InChI is InChI=1S/C10H12Cl2N2O2S.ClH/c11-8-2-1-3-9(12)10(8)17(15,16)14-5-4-7(13)6-14;/h1-3,7H,4-6,13H2;1H. The van der Waals surface area contributed by atoms with Crippen LogP contribution < -0.4 is 5.73 Å². The second-order valence-electron chi connectivity index (χ2n) is 3.96. The van der Waals surface area contributed by atoms with Crippen molar-refractivity contribution < 1.29 is 8.42 Å². The van der Waals surface area contributed by atoms with Crippen LogP contribution in [0.2, 0.25) is 10.0 Å². The number of rotatable bonds is 2. The number of benzene rings is 1. The van der Waals surface area contributed by atoms with Crippen molar-refractivity contribution in [2.45, 2.75) is 17.4 Å². The van der Waals surface area contributed by atoms with E-state index in [0.29, 0.717) is 19.5 Å². The zero-order chi connectivity index (χ0) is 12.6. The molecular weight excluding hydrogens is 319 g/mol. The van der Waals surface area contributed by atoms with Crippen molar-refractivity contribution in [3.8, 4) is 0 Å². The number of hydrogen-bond donors (Lipinski definition) is 1. The number of nitrogens with zero attached hydrogens (tertiary/aromatic N) is 1. The molecular formula is C10H13Cl3N2O2S. The highest BCUT2D eigenvalue weighted by molar-refractivity contribution is 7.89. The molecule has 1 heterocycles. The summed E-state index contributed by atoms with van der Waals surface area (Å²) in [6, 6.07) is 4.51. The van der Waals surface area contributed by atoms with Crippen molar-refractivity contribution >= 4 is 45.6 Å². The number of sulfonamides is 1. The van der Waals surface area contributed by atoms with E-state index in [4.69, 9.17) is 28.9 Å². The molecule has 1 saturated heterocycles. The Kier molecular flexibility index (Phi) is 5.29. The molecule has 18 heavy (non-hydrogen) atoms. The molecule has 0 bridgehead atoms. The van der Waals surface area contributed by atoms with Crippen LogP contribution in [0.5, 0.6) is 0 Å². The van der Waals surface area contributed by atoms with Crippen molar-refractivity contribution in [1.29, 1.82) is 0 Å². The van der Waals surface area contributed by atoms with E-state index in [0.717, 1.165) is 0 Å². The minimum absolute atomic E-state index is 0. The van der Waals surface area contributed by atoms with Gasteiger partial charge in [0.15, 0.2) is 0 Å². The predicted molar refractivity (Wildman–Crippen MR) is 75.1 cm³/mol. The maximum absolute atomic E-state index is 12.3. The molecule has 102 valence electrons. The molecule has 1 aliphatic heterocycles. The SMILES string of the molecule is Cl.NC1CCN(S(=O)(=O)c2c(Cl)cccc2Cl)C1. The Morgan fingerprint density at radius 2 is 1.83 bits per heavy atom. The smallest absolute Gasteiger partial charge is 0.246 e. The van der Waals surface area contributed by atoms with Gasteiger partial charge < -0.3 is 5.73 Å². The van der Waals surface area contributed by atoms with Gasteiger partial charge in [-0.25, -0.2) is 8.42 Å². The summed E-state index contributed by atoms with van der Waals surface area (Å²) in [4.78, 5) is -0.0302. The number of hydrogen-bond acceptors (Lipinski definition) is 3. The van der Waals surface area contributed by atoms with Gasteiger partial charge >= 0.3 is 0 Å². The van der Waals surface area contributed by atoms with E-state index >= 15 is 0 Å². The van der Waals surface area contributed by atoms with Crippen LogP contribution in [-0.2, 0) is 10.0 Å². The Bertz CT molecular complexity index is 516. The van der Waals surface area contributed by atoms with E-state index in [1.54, 1.807) is 6.07 Å². The van der Waals surface area contributed by atoms with Gasteiger partial charge in [-0.3, -0.25) is 0 Å². The quantitative estimate of drug-likeness (QED) is 0.903. The van der Waals surface area contributed by atoms with Gasteiger partial charge in [-0.05, 0) is 18.6 Å². The molecule has 0 spiro atoms. The van der Waals surface area contributed by atoms with Crippen molar-refractivity contribution in [1.82, 2.24) is 4.31 Å². The monoisotopic (exact) mass is 330 g/mol. The molecule has 0 amide bonds. The summed E-state index contributed by atoms with van der Waals surface area (Å²) >= 11 is 11.8. The number of halogens is 3. The molecule has 1 atom stereocenters. The lowest BCUT2D eigenvalue weighted by atomic mass is 10.3. The lowest BCUT2D eigenvalue weighted by Crippen LogP contribution is -2.32. The molecule has 0 saturated carbocycles. The molecule has 0 radical (unpaired) electrons. The molecule has 0 aromatic heterocycles. The molecule has 1 aliphatic rings. The molecule has 2 N–H and O–H groups in total. The third-order valence-electron chi connectivity index (χ3n) is 2.70. The second kappa shape index (κ2) is 5.94.